The van der Waals surface area contributed by atoms with Gasteiger partial charge in [-0.15, -0.1) is 0 Å². The van der Waals surface area contributed by atoms with Gasteiger partial charge in [0.15, 0.2) is 0 Å². The van der Waals surface area contributed by atoms with Crippen LogP contribution in [0.25, 0.3) is 11.5 Å². The van der Waals surface area contributed by atoms with Crippen molar-refractivity contribution in [3.8, 4) is 11.5 Å². The minimum absolute atomic E-state index is 0.0421. The number of benzene rings is 1. The average molecular weight is 307 g/mol. The molecule has 5 nitrogen and oxygen atoms in total. The zero-order valence-corrected chi connectivity index (χ0v) is 12.7. The van der Waals surface area contributed by atoms with Gasteiger partial charge in [0.25, 0.3) is 5.56 Å². The summed E-state index contributed by atoms with van der Waals surface area (Å²) < 4.78 is 7.29. The first-order valence-electron chi connectivity index (χ1n) is 7.86. The lowest BCUT2D eigenvalue weighted by atomic mass is 9.83. The van der Waals surface area contributed by atoms with Crippen LogP contribution < -0.4 is 5.56 Å². The van der Waals surface area contributed by atoms with E-state index >= 15 is 0 Å². The Bertz CT molecular complexity index is 863. The van der Waals surface area contributed by atoms with Crippen molar-refractivity contribution >= 4 is 0 Å². The molecule has 0 radical (unpaired) electrons. The fraction of sp³-hybridized carbons (Fsp3) is 0.278. The lowest BCUT2D eigenvalue weighted by Crippen LogP contribution is -2.23. The third kappa shape index (κ3) is 2.82. The second-order valence-electron chi connectivity index (χ2n) is 5.91. The van der Waals surface area contributed by atoms with E-state index in [2.05, 4.69) is 9.97 Å². The van der Waals surface area contributed by atoms with Crippen molar-refractivity contribution in [3.63, 3.8) is 0 Å². The molecule has 0 unspecified atom stereocenters. The molecule has 1 fully saturated rings. The Hall–Kier alpha value is -2.69. The normalized spacial score (nSPS) is 14.6. The molecule has 1 saturated carbocycles. The Labute approximate surface area is 133 Å². The third-order valence-corrected chi connectivity index (χ3v) is 4.32. The predicted octanol–water partition coefficient (Wildman–Crippen LogP) is 3.21. The van der Waals surface area contributed by atoms with Gasteiger partial charge in [0, 0.05) is 17.5 Å². The molecule has 0 atom stereocenters. The van der Waals surface area contributed by atoms with Crippen LogP contribution in [0.1, 0.15) is 36.6 Å². The molecule has 0 aliphatic heterocycles. The van der Waals surface area contributed by atoms with Gasteiger partial charge in [-0.1, -0.05) is 24.6 Å². The molecule has 0 amide bonds. The molecule has 0 N–H and O–H groups in total. The Morgan fingerprint density at radius 1 is 1.17 bits per heavy atom. The van der Waals surface area contributed by atoms with Crippen LogP contribution >= 0.6 is 0 Å². The van der Waals surface area contributed by atoms with E-state index in [1.54, 1.807) is 23.2 Å². The third-order valence-electron chi connectivity index (χ3n) is 4.32. The van der Waals surface area contributed by atoms with Crippen LogP contribution in [0.3, 0.4) is 0 Å². The monoisotopic (exact) mass is 307 g/mol. The van der Waals surface area contributed by atoms with E-state index in [0.29, 0.717) is 24.1 Å². The number of aromatic nitrogens is 3. The fourth-order valence-electron chi connectivity index (χ4n) is 2.75. The first-order valence-corrected chi connectivity index (χ1v) is 7.86. The van der Waals surface area contributed by atoms with Crippen molar-refractivity contribution in [2.24, 2.45) is 0 Å². The smallest absolute Gasteiger partial charge is 0.253 e. The maximum Gasteiger partial charge on any atom is 0.253 e. The van der Waals surface area contributed by atoms with Crippen molar-refractivity contribution < 1.29 is 4.42 Å². The molecule has 0 spiro atoms. The average Bonchev–Trinajstić information content (AvgIpc) is 2.98. The van der Waals surface area contributed by atoms with E-state index in [9.17, 15) is 4.79 Å². The first kappa shape index (κ1) is 13.9. The largest absolute Gasteiger partial charge is 0.439 e. The van der Waals surface area contributed by atoms with Gasteiger partial charge in [0.05, 0.1) is 24.8 Å². The van der Waals surface area contributed by atoms with Crippen LogP contribution in [0.2, 0.25) is 0 Å². The highest BCUT2D eigenvalue weighted by Crippen LogP contribution is 2.34. The van der Waals surface area contributed by atoms with Crippen molar-refractivity contribution in [2.75, 3.05) is 0 Å². The molecular formula is C18H17N3O2. The minimum Gasteiger partial charge on any atom is -0.439 e. The highest BCUT2D eigenvalue weighted by molar-refractivity contribution is 5.52. The van der Waals surface area contributed by atoms with E-state index in [1.165, 1.54) is 6.42 Å². The standard InChI is InChI=1S/C18H17N3O2/c22-17-9-16(13-7-4-8-13)20-12-21(17)11-15-10-19-18(23-15)14-5-2-1-3-6-14/h1-3,5-6,9-10,12-13H,4,7-8,11H2. The van der Waals surface area contributed by atoms with Crippen molar-refractivity contribution in [3.05, 3.63) is 70.7 Å². The van der Waals surface area contributed by atoms with Crippen LogP contribution in [0.5, 0.6) is 0 Å². The van der Waals surface area contributed by atoms with Gasteiger partial charge < -0.3 is 4.42 Å². The quantitative estimate of drug-likeness (QED) is 0.742. The molecule has 2 heterocycles. The molecule has 2 aromatic heterocycles. The zero-order valence-electron chi connectivity index (χ0n) is 12.7. The van der Waals surface area contributed by atoms with Crippen LogP contribution in [0.4, 0.5) is 0 Å². The molecule has 4 rings (SSSR count). The topological polar surface area (TPSA) is 60.9 Å². The van der Waals surface area contributed by atoms with Crippen LogP contribution in [-0.2, 0) is 6.54 Å². The van der Waals surface area contributed by atoms with Gasteiger partial charge in [-0.2, -0.15) is 0 Å². The Morgan fingerprint density at radius 3 is 2.70 bits per heavy atom. The SMILES string of the molecule is O=c1cc(C2CCC2)ncn1Cc1cnc(-c2ccccc2)o1. The summed E-state index contributed by atoms with van der Waals surface area (Å²) in [5.74, 6) is 1.67. The molecule has 1 aliphatic rings. The second-order valence-corrected chi connectivity index (χ2v) is 5.91. The molecule has 5 heteroatoms. The van der Waals surface area contributed by atoms with E-state index < -0.39 is 0 Å². The van der Waals surface area contributed by atoms with E-state index in [1.807, 2.05) is 30.3 Å². The molecule has 3 aromatic rings. The highest BCUT2D eigenvalue weighted by Gasteiger charge is 2.21. The summed E-state index contributed by atoms with van der Waals surface area (Å²) in [6.45, 7) is 0.344. The summed E-state index contributed by atoms with van der Waals surface area (Å²) in [6, 6.07) is 11.4. The number of oxazole rings is 1. The minimum atomic E-state index is -0.0421. The Morgan fingerprint density at radius 2 is 2.00 bits per heavy atom. The lowest BCUT2D eigenvalue weighted by Gasteiger charge is -2.24. The molecular weight excluding hydrogens is 290 g/mol. The van der Waals surface area contributed by atoms with Crippen molar-refractivity contribution in [1.29, 1.82) is 0 Å². The summed E-state index contributed by atoms with van der Waals surface area (Å²) in [7, 11) is 0. The van der Waals surface area contributed by atoms with Crippen LogP contribution in [0.15, 0.2) is 58.1 Å². The van der Waals surface area contributed by atoms with Gasteiger partial charge in [-0.3, -0.25) is 9.36 Å². The van der Waals surface area contributed by atoms with Crippen molar-refractivity contribution in [2.45, 2.75) is 31.7 Å². The van der Waals surface area contributed by atoms with Gasteiger partial charge in [0.2, 0.25) is 5.89 Å². The number of hydrogen-bond acceptors (Lipinski definition) is 4. The second kappa shape index (κ2) is 5.83. The number of rotatable bonds is 4. The van der Waals surface area contributed by atoms with Crippen LogP contribution in [-0.4, -0.2) is 14.5 Å². The van der Waals surface area contributed by atoms with Gasteiger partial charge in [-0.25, -0.2) is 9.97 Å². The summed E-state index contributed by atoms with van der Waals surface area (Å²) in [5.41, 5.74) is 1.80. The molecule has 1 aliphatic carbocycles. The first-order chi connectivity index (χ1) is 11.3. The van der Waals surface area contributed by atoms with Gasteiger partial charge >= 0.3 is 0 Å². The number of hydrogen-bond donors (Lipinski definition) is 0. The Balaban J connectivity index is 1.54. The van der Waals surface area contributed by atoms with Gasteiger partial charge in [-0.05, 0) is 25.0 Å². The molecule has 1 aromatic carbocycles. The summed E-state index contributed by atoms with van der Waals surface area (Å²) in [6.07, 6.45) is 6.78. The summed E-state index contributed by atoms with van der Waals surface area (Å²) in [4.78, 5) is 20.9. The molecule has 116 valence electrons. The molecule has 23 heavy (non-hydrogen) atoms. The highest BCUT2D eigenvalue weighted by atomic mass is 16.4. The predicted molar refractivity (Wildman–Crippen MR) is 86.1 cm³/mol. The van der Waals surface area contributed by atoms with Gasteiger partial charge in [0.1, 0.15) is 5.76 Å². The Kier molecular flexibility index (Phi) is 3.54. The summed E-state index contributed by atoms with van der Waals surface area (Å²) in [5, 5.41) is 0. The maximum atomic E-state index is 12.2. The lowest BCUT2D eigenvalue weighted by molar-refractivity contribution is 0.408. The summed E-state index contributed by atoms with van der Waals surface area (Å²) >= 11 is 0. The van der Waals surface area contributed by atoms with Crippen molar-refractivity contribution in [1.82, 2.24) is 14.5 Å². The van der Waals surface area contributed by atoms with E-state index in [0.717, 1.165) is 24.1 Å². The molecule has 0 bridgehead atoms. The number of nitrogens with zero attached hydrogens (tertiary/aromatic N) is 3. The van der Waals surface area contributed by atoms with E-state index in [4.69, 9.17) is 4.42 Å². The van der Waals surface area contributed by atoms with E-state index in [-0.39, 0.29) is 5.56 Å². The maximum absolute atomic E-state index is 12.2. The molecule has 0 saturated heterocycles. The zero-order chi connectivity index (χ0) is 15.6. The van der Waals surface area contributed by atoms with Crippen LogP contribution in [0, 0.1) is 0 Å². The fourth-order valence-corrected chi connectivity index (χ4v) is 2.75.